The van der Waals surface area contributed by atoms with E-state index in [0.717, 1.165) is 31.4 Å². The predicted octanol–water partition coefficient (Wildman–Crippen LogP) is 4.56. The molecule has 1 amide bonds. The highest BCUT2D eigenvalue weighted by Crippen LogP contribution is 2.38. The number of hydrogen-bond donors (Lipinski definition) is 1. The van der Waals surface area contributed by atoms with E-state index in [1.54, 1.807) is 0 Å². The normalized spacial score (nSPS) is 24.7. The molecule has 1 aliphatic carbocycles. The fourth-order valence-corrected chi connectivity index (χ4v) is 3.65. The van der Waals surface area contributed by atoms with Crippen LogP contribution >= 0.6 is 11.6 Å². The predicted molar refractivity (Wildman–Crippen MR) is 79.4 cm³/mol. The number of hydrogen-bond acceptors (Lipinski definition) is 1. The molecular weight excluding hydrogens is 296 g/mol. The van der Waals surface area contributed by atoms with Crippen molar-refractivity contribution in [2.45, 2.75) is 46.1 Å². The van der Waals surface area contributed by atoms with E-state index in [0.29, 0.717) is 5.92 Å². The zero-order valence-electron chi connectivity index (χ0n) is 12.5. The van der Waals surface area contributed by atoms with Crippen LogP contribution in [0.3, 0.4) is 0 Å². The number of carbonyl (C=O) groups is 1. The molecule has 0 radical (unpaired) electrons. The van der Waals surface area contributed by atoms with Gasteiger partial charge in [-0.3, -0.25) is 4.79 Å². The number of carbonyl (C=O) groups excluding carboxylic acids is 1. The molecule has 1 aromatic carbocycles. The summed E-state index contributed by atoms with van der Waals surface area (Å²) in [7, 11) is 0. The summed E-state index contributed by atoms with van der Waals surface area (Å²) in [5.74, 6) is -2.06. The van der Waals surface area contributed by atoms with E-state index in [-0.39, 0.29) is 22.0 Å². The first-order valence-corrected chi connectivity index (χ1v) is 7.51. The van der Waals surface area contributed by atoms with Crippen molar-refractivity contribution in [2.24, 2.45) is 11.3 Å². The Morgan fingerprint density at radius 1 is 1.29 bits per heavy atom. The van der Waals surface area contributed by atoms with Crippen molar-refractivity contribution in [1.82, 2.24) is 5.32 Å². The van der Waals surface area contributed by atoms with E-state index < -0.39 is 17.5 Å². The number of rotatable bonds is 2. The van der Waals surface area contributed by atoms with Gasteiger partial charge in [0.2, 0.25) is 0 Å². The van der Waals surface area contributed by atoms with Gasteiger partial charge in [-0.15, -0.1) is 0 Å². The quantitative estimate of drug-likeness (QED) is 0.796. The molecule has 0 spiro atoms. The molecule has 2 unspecified atom stereocenters. The first kappa shape index (κ1) is 16.2. The minimum atomic E-state index is -1.07. The second kappa shape index (κ2) is 5.91. The van der Waals surface area contributed by atoms with Crippen LogP contribution in [0, 0.1) is 23.0 Å². The summed E-state index contributed by atoms with van der Waals surface area (Å²) in [6.45, 7) is 6.50. The number of nitrogens with one attached hydrogen (secondary N) is 1. The van der Waals surface area contributed by atoms with Crippen LogP contribution in [0.1, 0.15) is 50.4 Å². The van der Waals surface area contributed by atoms with Gasteiger partial charge in [-0.05, 0) is 42.7 Å². The zero-order chi connectivity index (χ0) is 15.8. The van der Waals surface area contributed by atoms with Gasteiger partial charge in [-0.25, -0.2) is 8.78 Å². The molecule has 5 heteroatoms. The zero-order valence-corrected chi connectivity index (χ0v) is 13.2. The molecule has 1 aliphatic rings. The average Bonchev–Trinajstić information content (AvgIpc) is 2.30. The van der Waals surface area contributed by atoms with Gasteiger partial charge in [-0.1, -0.05) is 32.4 Å². The van der Waals surface area contributed by atoms with E-state index in [1.165, 1.54) is 0 Å². The molecule has 0 saturated heterocycles. The first-order valence-electron chi connectivity index (χ1n) is 7.13. The van der Waals surface area contributed by atoms with Crippen LogP contribution in [0.4, 0.5) is 8.78 Å². The van der Waals surface area contributed by atoms with Gasteiger partial charge in [0.1, 0.15) is 0 Å². The maximum absolute atomic E-state index is 13.3. The second-order valence-corrected chi connectivity index (χ2v) is 7.24. The Hall–Kier alpha value is -1.16. The maximum Gasteiger partial charge on any atom is 0.253 e. The summed E-state index contributed by atoms with van der Waals surface area (Å²) < 4.78 is 26.3. The minimum Gasteiger partial charge on any atom is -0.349 e. The molecule has 0 bridgehead atoms. The third kappa shape index (κ3) is 3.94. The van der Waals surface area contributed by atoms with E-state index in [2.05, 4.69) is 26.1 Å². The standard InChI is InChI=1S/C16H20ClF2NO/c1-9-4-10(8-16(2,3)7-9)20-15(21)11-5-13(18)14(19)6-12(11)17/h5-6,9-10H,4,7-8H2,1-3H3,(H,20,21). The number of halogens is 3. The van der Waals surface area contributed by atoms with Gasteiger partial charge in [-0.2, -0.15) is 0 Å². The average molecular weight is 316 g/mol. The van der Waals surface area contributed by atoms with E-state index >= 15 is 0 Å². The Kier molecular flexibility index (Phi) is 4.57. The van der Waals surface area contributed by atoms with Crippen LogP contribution in [-0.4, -0.2) is 11.9 Å². The van der Waals surface area contributed by atoms with Gasteiger partial charge >= 0.3 is 0 Å². The maximum atomic E-state index is 13.3. The largest absolute Gasteiger partial charge is 0.349 e. The van der Waals surface area contributed by atoms with E-state index in [1.807, 2.05) is 0 Å². The number of benzene rings is 1. The summed E-state index contributed by atoms with van der Waals surface area (Å²) in [6, 6.07) is 1.71. The SMILES string of the molecule is CC1CC(NC(=O)c2cc(F)c(F)cc2Cl)CC(C)(C)C1. The van der Waals surface area contributed by atoms with E-state index in [9.17, 15) is 13.6 Å². The van der Waals surface area contributed by atoms with Gasteiger partial charge in [0.05, 0.1) is 10.6 Å². The van der Waals surface area contributed by atoms with Crippen molar-refractivity contribution in [3.05, 3.63) is 34.4 Å². The lowest BCUT2D eigenvalue weighted by molar-refractivity contribution is 0.0874. The molecule has 1 aromatic rings. The smallest absolute Gasteiger partial charge is 0.253 e. The van der Waals surface area contributed by atoms with Crippen LogP contribution in [0.15, 0.2) is 12.1 Å². The van der Waals surface area contributed by atoms with Crippen molar-refractivity contribution in [3.63, 3.8) is 0 Å². The third-order valence-corrected chi connectivity index (χ3v) is 4.29. The van der Waals surface area contributed by atoms with Gasteiger partial charge in [0.15, 0.2) is 11.6 Å². The fraction of sp³-hybridized carbons (Fsp3) is 0.562. The molecule has 21 heavy (non-hydrogen) atoms. The molecular formula is C16H20ClF2NO. The molecule has 1 N–H and O–H groups in total. The third-order valence-electron chi connectivity index (χ3n) is 3.98. The Balaban J connectivity index is 2.13. The van der Waals surface area contributed by atoms with Crippen molar-refractivity contribution in [3.8, 4) is 0 Å². The van der Waals surface area contributed by atoms with Crippen molar-refractivity contribution in [2.75, 3.05) is 0 Å². The highest BCUT2D eigenvalue weighted by atomic mass is 35.5. The molecule has 1 fully saturated rings. The van der Waals surface area contributed by atoms with Crippen LogP contribution in [-0.2, 0) is 0 Å². The van der Waals surface area contributed by atoms with Gasteiger partial charge < -0.3 is 5.32 Å². The molecule has 0 heterocycles. The van der Waals surface area contributed by atoms with Crippen LogP contribution in [0.25, 0.3) is 0 Å². The van der Waals surface area contributed by atoms with Gasteiger partial charge in [0.25, 0.3) is 5.91 Å². The number of amides is 1. The fourth-order valence-electron chi connectivity index (χ4n) is 3.42. The summed E-state index contributed by atoms with van der Waals surface area (Å²) in [4.78, 5) is 12.2. The lowest BCUT2D eigenvalue weighted by Gasteiger charge is -2.39. The van der Waals surface area contributed by atoms with Crippen LogP contribution in [0.5, 0.6) is 0 Å². The van der Waals surface area contributed by atoms with Crippen LogP contribution in [0.2, 0.25) is 5.02 Å². The first-order chi connectivity index (χ1) is 9.68. The summed E-state index contributed by atoms with van der Waals surface area (Å²) in [6.07, 6.45) is 2.87. The van der Waals surface area contributed by atoms with E-state index in [4.69, 9.17) is 11.6 Å². The lowest BCUT2D eigenvalue weighted by atomic mass is 9.70. The lowest BCUT2D eigenvalue weighted by Crippen LogP contribution is -2.43. The second-order valence-electron chi connectivity index (χ2n) is 6.83. The summed E-state index contributed by atoms with van der Waals surface area (Å²) in [5, 5.41) is 2.82. The molecule has 2 atom stereocenters. The highest BCUT2D eigenvalue weighted by molar-refractivity contribution is 6.33. The molecule has 1 saturated carbocycles. The Morgan fingerprint density at radius 3 is 2.52 bits per heavy atom. The molecule has 116 valence electrons. The summed E-state index contributed by atoms with van der Waals surface area (Å²) in [5.41, 5.74) is 0.139. The van der Waals surface area contributed by atoms with Gasteiger partial charge in [0, 0.05) is 6.04 Å². The molecule has 2 nitrogen and oxygen atoms in total. The van der Waals surface area contributed by atoms with Crippen molar-refractivity contribution < 1.29 is 13.6 Å². The topological polar surface area (TPSA) is 29.1 Å². The van der Waals surface area contributed by atoms with Crippen LogP contribution < -0.4 is 5.32 Å². The molecule has 0 aliphatic heterocycles. The molecule has 2 rings (SSSR count). The van der Waals surface area contributed by atoms with Crippen molar-refractivity contribution >= 4 is 17.5 Å². The minimum absolute atomic E-state index is 0.0217. The Morgan fingerprint density at radius 2 is 1.90 bits per heavy atom. The van der Waals surface area contributed by atoms with Crippen molar-refractivity contribution in [1.29, 1.82) is 0 Å². The Labute approximate surface area is 128 Å². The Bertz CT molecular complexity index is 559. The summed E-state index contributed by atoms with van der Waals surface area (Å²) >= 11 is 5.83. The highest BCUT2D eigenvalue weighted by Gasteiger charge is 2.33. The molecule has 0 aromatic heterocycles. The monoisotopic (exact) mass is 315 g/mol.